The first-order chi connectivity index (χ1) is 8.81. The molecule has 1 heterocycles. The van der Waals surface area contributed by atoms with Crippen LogP contribution in [0.1, 0.15) is 28.9 Å². The fraction of sp³-hybridized carbons (Fsp3) is 0.267. The molecule has 3 heteroatoms. The number of terminal acetylenes is 1. The van der Waals surface area contributed by atoms with Crippen molar-refractivity contribution in [2.75, 3.05) is 6.54 Å². The van der Waals surface area contributed by atoms with Gasteiger partial charge in [0.05, 0.1) is 4.88 Å². The van der Waals surface area contributed by atoms with Gasteiger partial charge in [-0.05, 0) is 30.4 Å². The number of amides is 1. The highest BCUT2D eigenvalue weighted by Gasteiger charge is 2.08. The molecule has 0 atom stereocenters. The number of nitrogens with one attached hydrogen (secondary N) is 1. The number of carbonyl (C=O) groups is 1. The zero-order valence-corrected chi connectivity index (χ0v) is 10.9. The predicted molar refractivity (Wildman–Crippen MR) is 76.8 cm³/mol. The van der Waals surface area contributed by atoms with Crippen LogP contribution in [0.25, 0.3) is 10.1 Å². The summed E-state index contributed by atoms with van der Waals surface area (Å²) in [7, 11) is 0. The summed E-state index contributed by atoms with van der Waals surface area (Å²) in [4.78, 5) is 12.7. The van der Waals surface area contributed by atoms with E-state index < -0.39 is 0 Å². The molecule has 0 saturated heterocycles. The number of unbranched alkanes of at least 4 members (excludes halogenated alkanes) is 2. The molecule has 92 valence electrons. The number of rotatable bonds is 5. The zero-order valence-electron chi connectivity index (χ0n) is 10.1. The molecule has 0 radical (unpaired) electrons. The van der Waals surface area contributed by atoms with E-state index >= 15 is 0 Å². The van der Waals surface area contributed by atoms with Crippen LogP contribution in [-0.4, -0.2) is 12.5 Å². The topological polar surface area (TPSA) is 29.1 Å². The first-order valence-corrected chi connectivity index (χ1v) is 6.83. The van der Waals surface area contributed by atoms with Crippen molar-refractivity contribution in [3.8, 4) is 12.3 Å². The molecule has 0 fully saturated rings. The fourth-order valence-electron chi connectivity index (χ4n) is 1.73. The van der Waals surface area contributed by atoms with Crippen LogP contribution < -0.4 is 5.32 Å². The summed E-state index contributed by atoms with van der Waals surface area (Å²) in [6.45, 7) is 0.689. The summed E-state index contributed by atoms with van der Waals surface area (Å²) < 4.78 is 1.15. The zero-order chi connectivity index (χ0) is 12.8. The lowest BCUT2D eigenvalue weighted by atomic mass is 10.2. The number of carbonyl (C=O) groups excluding carboxylic acids is 1. The first-order valence-electron chi connectivity index (χ1n) is 6.01. The third-order valence-corrected chi connectivity index (χ3v) is 3.80. The molecular weight excluding hydrogens is 242 g/mol. The standard InChI is InChI=1S/C15H15NOS/c1-2-3-4-7-10-16-15(17)14-11-12-8-5-6-9-13(12)18-14/h1,5-6,8-9,11H,3-4,7,10H2,(H,16,17). The molecule has 1 amide bonds. The lowest BCUT2D eigenvalue weighted by Crippen LogP contribution is -2.23. The van der Waals surface area contributed by atoms with Crippen LogP contribution in [0.5, 0.6) is 0 Å². The average molecular weight is 257 g/mol. The van der Waals surface area contributed by atoms with E-state index in [1.54, 1.807) is 0 Å². The van der Waals surface area contributed by atoms with Gasteiger partial charge in [0.25, 0.3) is 5.91 Å². The molecule has 0 aliphatic rings. The van der Waals surface area contributed by atoms with Crippen molar-refractivity contribution in [3.63, 3.8) is 0 Å². The highest BCUT2D eigenvalue weighted by Crippen LogP contribution is 2.24. The summed E-state index contributed by atoms with van der Waals surface area (Å²) >= 11 is 1.53. The Morgan fingerprint density at radius 1 is 1.33 bits per heavy atom. The average Bonchev–Trinajstić information content (AvgIpc) is 2.82. The smallest absolute Gasteiger partial charge is 0.261 e. The molecule has 1 N–H and O–H groups in total. The van der Waals surface area contributed by atoms with Crippen LogP contribution in [0, 0.1) is 12.3 Å². The van der Waals surface area contributed by atoms with Crippen molar-refractivity contribution in [2.45, 2.75) is 19.3 Å². The van der Waals surface area contributed by atoms with Crippen LogP contribution >= 0.6 is 11.3 Å². The predicted octanol–water partition coefficient (Wildman–Crippen LogP) is 3.43. The van der Waals surface area contributed by atoms with Gasteiger partial charge in [0.1, 0.15) is 0 Å². The van der Waals surface area contributed by atoms with Gasteiger partial charge in [-0.25, -0.2) is 0 Å². The van der Waals surface area contributed by atoms with Gasteiger partial charge in [-0.3, -0.25) is 4.79 Å². The van der Waals surface area contributed by atoms with Crippen LogP contribution in [0.15, 0.2) is 30.3 Å². The molecular formula is C15H15NOS. The fourth-order valence-corrected chi connectivity index (χ4v) is 2.71. The maximum atomic E-state index is 11.9. The summed E-state index contributed by atoms with van der Waals surface area (Å²) in [6, 6.07) is 9.97. The second-order valence-corrected chi connectivity index (χ2v) is 5.15. The number of hydrogen-bond acceptors (Lipinski definition) is 2. The molecule has 0 spiro atoms. The van der Waals surface area contributed by atoms with E-state index in [0.717, 1.165) is 34.2 Å². The number of fused-ring (bicyclic) bond motifs is 1. The molecule has 0 aliphatic heterocycles. The van der Waals surface area contributed by atoms with Crippen molar-refractivity contribution in [1.29, 1.82) is 0 Å². The van der Waals surface area contributed by atoms with Crippen LogP contribution in [0.3, 0.4) is 0 Å². The quantitative estimate of drug-likeness (QED) is 0.645. The Morgan fingerprint density at radius 2 is 2.17 bits per heavy atom. The normalized spacial score (nSPS) is 10.2. The third kappa shape index (κ3) is 3.12. The molecule has 0 aliphatic carbocycles. The Hall–Kier alpha value is -1.79. The van der Waals surface area contributed by atoms with Gasteiger partial charge in [0.15, 0.2) is 0 Å². The Kier molecular flexibility index (Phi) is 4.38. The van der Waals surface area contributed by atoms with Crippen LogP contribution in [-0.2, 0) is 0 Å². The lowest BCUT2D eigenvalue weighted by molar-refractivity contribution is 0.0957. The Morgan fingerprint density at radius 3 is 2.94 bits per heavy atom. The largest absolute Gasteiger partial charge is 0.351 e. The SMILES string of the molecule is C#CCCCCNC(=O)c1cc2ccccc2s1. The summed E-state index contributed by atoms with van der Waals surface area (Å²) in [5.74, 6) is 2.61. The number of hydrogen-bond donors (Lipinski definition) is 1. The van der Waals surface area contributed by atoms with Gasteiger partial charge in [-0.15, -0.1) is 23.7 Å². The van der Waals surface area contributed by atoms with Gasteiger partial charge in [-0.2, -0.15) is 0 Å². The Balaban J connectivity index is 1.91. The highest BCUT2D eigenvalue weighted by molar-refractivity contribution is 7.20. The second kappa shape index (κ2) is 6.23. The summed E-state index contributed by atoms with van der Waals surface area (Å²) in [6.07, 6.45) is 7.84. The van der Waals surface area contributed by atoms with Gasteiger partial charge < -0.3 is 5.32 Å². The molecule has 1 aromatic carbocycles. The lowest BCUT2D eigenvalue weighted by Gasteiger charge is -2.01. The van der Waals surface area contributed by atoms with Crippen LogP contribution in [0.4, 0.5) is 0 Å². The minimum atomic E-state index is 0.0110. The molecule has 0 unspecified atom stereocenters. The molecule has 2 aromatic rings. The van der Waals surface area contributed by atoms with E-state index in [1.807, 2.05) is 30.3 Å². The van der Waals surface area contributed by atoms with E-state index in [2.05, 4.69) is 11.2 Å². The van der Waals surface area contributed by atoms with Crippen molar-refractivity contribution >= 4 is 27.3 Å². The van der Waals surface area contributed by atoms with Gasteiger partial charge in [0.2, 0.25) is 0 Å². The molecule has 2 rings (SSSR count). The third-order valence-electron chi connectivity index (χ3n) is 2.68. The first kappa shape index (κ1) is 12.7. The van der Waals surface area contributed by atoms with Gasteiger partial charge in [0, 0.05) is 17.7 Å². The van der Waals surface area contributed by atoms with E-state index in [4.69, 9.17) is 6.42 Å². The molecule has 1 aromatic heterocycles. The Labute approximate surface area is 111 Å². The molecule has 0 bridgehead atoms. The maximum absolute atomic E-state index is 11.9. The minimum absolute atomic E-state index is 0.0110. The maximum Gasteiger partial charge on any atom is 0.261 e. The monoisotopic (exact) mass is 257 g/mol. The molecule has 18 heavy (non-hydrogen) atoms. The van der Waals surface area contributed by atoms with Crippen LogP contribution in [0.2, 0.25) is 0 Å². The minimum Gasteiger partial charge on any atom is -0.351 e. The number of thiophene rings is 1. The van der Waals surface area contributed by atoms with E-state index in [-0.39, 0.29) is 5.91 Å². The van der Waals surface area contributed by atoms with E-state index in [1.165, 1.54) is 11.3 Å². The van der Waals surface area contributed by atoms with Crippen molar-refractivity contribution < 1.29 is 4.79 Å². The number of benzene rings is 1. The Bertz CT molecular complexity index is 546. The highest BCUT2D eigenvalue weighted by atomic mass is 32.1. The van der Waals surface area contributed by atoms with Gasteiger partial charge >= 0.3 is 0 Å². The summed E-state index contributed by atoms with van der Waals surface area (Å²) in [5, 5.41) is 4.05. The van der Waals surface area contributed by atoms with Gasteiger partial charge in [-0.1, -0.05) is 18.2 Å². The van der Waals surface area contributed by atoms with E-state index in [9.17, 15) is 4.79 Å². The van der Waals surface area contributed by atoms with E-state index in [0.29, 0.717) is 6.54 Å². The molecule has 2 nitrogen and oxygen atoms in total. The van der Waals surface area contributed by atoms with Crippen molar-refractivity contribution in [3.05, 3.63) is 35.2 Å². The summed E-state index contributed by atoms with van der Waals surface area (Å²) in [5.41, 5.74) is 0. The van der Waals surface area contributed by atoms with Crippen molar-refractivity contribution in [2.24, 2.45) is 0 Å². The van der Waals surface area contributed by atoms with Crippen molar-refractivity contribution in [1.82, 2.24) is 5.32 Å². The molecule has 0 saturated carbocycles. The second-order valence-electron chi connectivity index (χ2n) is 4.07.